The minimum Gasteiger partial charge on any atom is -0.405 e. The predicted octanol–water partition coefficient (Wildman–Crippen LogP) is 4.34. The molecule has 84 valence electrons. The molecular weight excluding hydrogens is 332 g/mol. The average molecular weight is 338 g/mol. The first kappa shape index (κ1) is 11.5. The van der Waals surface area contributed by atoms with Crippen molar-refractivity contribution in [3.05, 3.63) is 40.0 Å². The molecule has 5 heteroatoms. The third-order valence-corrected chi connectivity index (χ3v) is 2.64. The summed E-state index contributed by atoms with van der Waals surface area (Å²) < 4.78 is 41.2. The molecule has 0 aromatic heterocycles. The van der Waals surface area contributed by atoms with Gasteiger partial charge >= 0.3 is 6.36 Å². The van der Waals surface area contributed by atoms with Gasteiger partial charge in [-0.2, -0.15) is 0 Å². The quantitative estimate of drug-likeness (QED) is 0.703. The van der Waals surface area contributed by atoms with E-state index in [-0.39, 0.29) is 5.75 Å². The lowest BCUT2D eigenvalue weighted by Gasteiger charge is -2.11. The van der Waals surface area contributed by atoms with Crippen molar-refractivity contribution in [3.8, 4) is 5.75 Å². The van der Waals surface area contributed by atoms with Crippen LogP contribution in [0.3, 0.4) is 0 Å². The molecule has 2 aromatic carbocycles. The molecule has 0 amide bonds. The Bertz CT molecular complexity index is 522. The van der Waals surface area contributed by atoms with Gasteiger partial charge in [-0.3, -0.25) is 0 Å². The Morgan fingerprint density at radius 3 is 2.44 bits per heavy atom. The highest BCUT2D eigenvalue weighted by Gasteiger charge is 2.31. The maximum absolute atomic E-state index is 12.2. The van der Waals surface area contributed by atoms with E-state index in [1.807, 2.05) is 22.6 Å². The van der Waals surface area contributed by atoms with E-state index in [1.165, 1.54) is 6.07 Å². The summed E-state index contributed by atoms with van der Waals surface area (Å²) in [5.74, 6) is -0.157. The molecule has 0 bridgehead atoms. The monoisotopic (exact) mass is 338 g/mol. The topological polar surface area (TPSA) is 9.23 Å². The highest BCUT2D eigenvalue weighted by Crippen LogP contribution is 2.32. The fourth-order valence-electron chi connectivity index (χ4n) is 1.45. The second kappa shape index (κ2) is 4.12. The van der Waals surface area contributed by atoms with E-state index in [9.17, 15) is 13.2 Å². The summed E-state index contributed by atoms with van der Waals surface area (Å²) in [7, 11) is 0. The molecule has 0 atom stereocenters. The molecule has 0 aliphatic rings. The van der Waals surface area contributed by atoms with Gasteiger partial charge in [0.25, 0.3) is 0 Å². The second-order valence-electron chi connectivity index (χ2n) is 3.17. The zero-order valence-electron chi connectivity index (χ0n) is 7.88. The minimum atomic E-state index is -4.66. The van der Waals surface area contributed by atoms with Gasteiger partial charge in [-0.1, -0.05) is 24.3 Å². The molecule has 0 aliphatic heterocycles. The summed E-state index contributed by atoms with van der Waals surface area (Å²) in [5, 5.41) is 1.19. The number of hydrogen-bond acceptors (Lipinski definition) is 1. The molecule has 0 N–H and O–H groups in total. The Kier molecular flexibility index (Phi) is 2.96. The van der Waals surface area contributed by atoms with Crippen LogP contribution in [0.15, 0.2) is 36.4 Å². The zero-order chi connectivity index (χ0) is 11.8. The summed E-state index contributed by atoms with van der Waals surface area (Å²) in [4.78, 5) is 0. The lowest BCUT2D eigenvalue weighted by molar-refractivity contribution is -0.274. The van der Waals surface area contributed by atoms with Gasteiger partial charge in [-0.05, 0) is 40.1 Å². The van der Waals surface area contributed by atoms with E-state index in [1.54, 1.807) is 30.3 Å². The smallest absolute Gasteiger partial charge is 0.405 e. The van der Waals surface area contributed by atoms with Crippen LogP contribution < -0.4 is 4.74 Å². The molecule has 16 heavy (non-hydrogen) atoms. The minimum absolute atomic E-state index is 0.157. The number of hydrogen-bond donors (Lipinski definition) is 0. The lowest BCUT2D eigenvalue weighted by atomic mass is 10.1. The number of benzene rings is 2. The van der Waals surface area contributed by atoms with Crippen molar-refractivity contribution in [2.24, 2.45) is 0 Å². The molecule has 0 unspecified atom stereocenters. The van der Waals surface area contributed by atoms with E-state index in [2.05, 4.69) is 4.74 Å². The van der Waals surface area contributed by atoms with Crippen LogP contribution >= 0.6 is 22.6 Å². The molecule has 0 spiro atoms. The molecule has 2 rings (SSSR count). The highest BCUT2D eigenvalue weighted by atomic mass is 127. The van der Waals surface area contributed by atoms with Crippen LogP contribution in [0.25, 0.3) is 10.8 Å². The Balaban J connectivity index is 2.59. The van der Waals surface area contributed by atoms with Crippen molar-refractivity contribution < 1.29 is 17.9 Å². The second-order valence-corrected chi connectivity index (χ2v) is 4.42. The van der Waals surface area contributed by atoms with Crippen molar-refractivity contribution in [1.29, 1.82) is 0 Å². The van der Waals surface area contributed by atoms with Crippen molar-refractivity contribution in [2.45, 2.75) is 6.36 Å². The number of rotatable bonds is 1. The largest absolute Gasteiger partial charge is 0.573 e. The Labute approximate surface area is 103 Å². The first-order valence-electron chi connectivity index (χ1n) is 4.40. The summed E-state index contributed by atoms with van der Waals surface area (Å²) in [5.41, 5.74) is 0. The predicted molar refractivity (Wildman–Crippen MR) is 63.3 cm³/mol. The molecule has 0 saturated heterocycles. The van der Waals surface area contributed by atoms with Gasteiger partial charge in [0.15, 0.2) is 0 Å². The van der Waals surface area contributed by atoms with Crippen LogP contribution in [0.5, 0.6) is 5.75 Å². The zero-order valence-corrected chi connectivity index (χ0v) is 10.0. The third kappa shape index (κ3) is 2.58. The van der Waals surface area contributed by atoms with Crippen LogP contribution in [0, 0.1) is 3.57 Å². The molecule has 0 saturated carbocycles. The maximum Gasteiger partial charge on any atom is 0.573 e. The van der Waals surface area contributed by atoms with E-state index in [4.69, 9.17) is 0 Å². The van der Waals surface area contributed by atoms with Crippen LogP contribution in [-0.2, 0) is 0 Å². The van der Waals surface area contributed by atoms with Gasteiger partial charge in [0.1, 0.15) is 5.75 Å². The number of halogens is 4. The Morgan fingerprint density at radius 2 is 1.75 bits per heavy atom. The normalized spacial score (nSPS) is 11.8. The average Bonchev–Trinajstić information content (AvgIpc) is 2.14. The Morgan fingerprint density at radius 1 is 1.06 bits per heavy atom. The number of ether oxygens (including phenoxy) is 1. The first-order valence-corrected chi connectivity index (χ1v) is 5.47. The van der Waals surface area contributed by atoms with Gasteiger partial charge in [-0.25, -0.2) is 0 Å². The van der Waals surface area contributed by atoms with Crippen molar-refractivity contribution in [2.75, 3.05) is 0 Å². The fourth-order valence-corrected chi connectivity index (χ4v) is 2.07. The van der Waals surface area contributed by atoms with Crippen LogP contribution in [0.4, 0.5) is 13.2 Å². The number of alkyl halides is 3. The molecule has 2 aromatic rings. The molecular formula is C11H6F3IO. The summed E-state index contributed by atoms with van der Waals surface area (Å²) >= 11 is 1.96. The van der Waals surface area contributed by atoms with Crippen LogP contribution in [-0.4, -0.2) is 6.36 Å². The van der Waals surface area contributed by atoms with Crippen molar-refractivity contribution >= 4 is 33.4 Å². The molecule has 1 nitrogen and oxygen atoms in total. The van der Waals surface area contributed by atoms with E-state index in [0.29, 0.717) is 8.96 Å². The van der Waals surface area contributed by atoms with Gasteiger partial charge in [0.2, 0.25) is 0 Å². The first-order chi connectivity index (χ1) is 7.46. The van der Waals surface area contributed by atoms with Crippen LogP contribution in [0.2, 0.25) is 0 Å². The van der Waals surface area contributed by atoms with Gasteiger partial charge < -0.3 is 4.74 Å². The van der Waals surface area contributed by atoms with Crippen LogP contribution in [0.1, 0.15) is 0 Å². The van der Waals surface area contributed by atoms with E-state index in [0.717, 1.165) is 5.39 Å². The fraction of sp³-hybridized carbons (Fsp3) is 0.0909. The Hall–Kier alpha value is -0.980. The molecule has 0 heterocycles. The lowest BCUT2D eigenvalue weighted by Crippen LogP contribution is -2.17. The maximum atomic E-state index is 12.2. The molecule has 0 radical (unpaired) electrons. The highest BCUT2D eigenvalue weighted by molar-refractivity contribution is 14.1. The van der Waals surface area contributed by atoms with Gasteiger partial charge in [-0.15, -0.1) is 13.2 Å². The van der Waals surface area contributed by atoms with Gasteiger partial charge in [0, 0.05) is 8.96 Å². The standard InChI is InChI=1S/C11H6F3IO/c12-11(13,14)16-10-6-8(15)5-7-3-1-2-4-9(7)10/h1-6H. The summed E-state index contributed by atoms with van der Waals surface area (Å²) in [6, 6.07) is 9.98. The third-order valence-electron chi connectivity index (χ3n) is 2.01. The van der Waals surface area contributed by atoms with Crippen molar-refractivity contribution in [1.82, 2.24) is 0 Å². The van der Waals surface area contributed by atoms with E-state index < -0.39 is 6.36 Å². The summed E-state index contributed by atoms with van der Waals surface area (Å²) in [6.45, 7) is 0. The van der Waals surface area contributed by atoms with E-state index >= 15 is 0 Å². The SMILES string of the molecule is FC(F)(F)Oc1cc(I)cc2ccccc12. The molecule has 0 aliphatic carbocycles. The van der Waals surface area contributed by atoms with Gasteiger partial charge in [0.05, 0.1) is 0 Å². The number of fused-ring (bicyclic) bond motifs is 1. The van der Waals surface area contributed by atoms with Crippen molar-refractivity contribution in [3.63, 3.8) is 0 Å². The molecule has 0 fully saturated rings. The summed E-state index contributed by atoms with van der Waals surface area (Å²) in [6.07, 6.45) is -4.66.